The highest BCUT2D eigenvalue weighted by Crippen LogP contribution is 2.32. The van der Waals surface area contributed by atoms with Crippen molar-refractivity contribution in [3.8, 4) is 0 Å². The summed E-state index contributed by atoms with van der Waals surface area (Å²) in [7, 11) is 0. The average Bonchev–Trinajstić information content (AvgIpc) is 2.86. The van der Waals surface area contributed by atoms with Crippen LogP contribution >= 0.6 is 39.1 Å². The molecule has 1 aromatic heterocycles. The van der Waals surface area contributed by atoms with Crippen molar-refractivity contribution in [1.29, 1.82) is 0 Å². The second-order valence-electron chi connectivity index (χ2n) is 5.06. The number of esters is 2. The van der Waals surface area contributed by atoms with Crippen LogP contribution in [-0.2, 0) is 30.5 Å². The van der Waals surface area contributed by atoms with Gasteiger partial charge in [0.2, 0.25) is 0 Å². The lowest BCUT2D eigenvalue weighted by Gasteiger charge is -2.18. The van der Waals surface area contributed by atoms with Crippen LogP contribution in [0.5, 0.6) is 0 Å². The van der Waals surface area contributed by atoms with Crippen molar-refractivity contribution in [1.82, 2.24) is 9.55 Å². The zero-order valence-corrected chi connectivity index (χ0v) is 16.5. The van der Waals surface area contributed by atoms with E-state index in [1.807, 2.05) is 0 Å². The van der Waals surface area contributed by atoms with E-state index >= 15 is 0 Å². The number of carbonyl (C=O) groups is 2. The van der Waals surface area contributed by atoms with Gasteiger partial charge in [0.25, 0.3) is 0 Å². The monoisotopic (exact) mass is 452 g/mol. The van der Waals surface area contributed by atoms with Gasteiger partial charge in [-0.25, -0.2) is 4.98 Å². The average molecular weight is 454 g/mol. The molecule has 25 heavy (non-hydrogen) atoms. The first-order chi connectivity index (χ1) is 11.8. The van der Waals surface area contributed by atoms with Crippen molar-refractivity contribution in [2.75, 3.05) is 13.2 Å². The summed E-state index contributed by atoms with van der Waals surface area (Å²) in [5, 5.41) is 0.741. The molecule has 0 fully saturated rings. The van der Waals surface area contributed by atoms with E-state index in [4.69, 9.17) is 37.4 Å². The Kier molecular flexibility index (Phi) is 7.06. The van der Waals surface area contributed by atoms with Gasteiger partial charge in [-0.2, -0.15) is 0 Å². The predicted molar refractivity (Wildman–Crippen MR) is 95.6 cm³/mol. The van der Waals surface area contributed by atoms with E-state index in [1.54, 1.807) is 16.7 Å². The summed E-state index contributed by atoms with van der Waals surface area (Å²) in [5.74, 6) is -0.904. The van der Waals surface area contributed by atoms with E-state index in [9.17, 15) is 9.59 Å². The van der Waals surface area contributed by atoms with Crippen LogP contribution in [0.25, 0.3) is 11.0 Å². The fourth-order valence-corrected chi connectivity index (χ4v) is 2.80. The van der Waals surface area contributed by atoms with Crippen LogP contribution in [0.2, 0.25) is 10.0 Å². The summed E-state index contributed by atoms with van der Waals surface area (Å²) < 4.78 is 17.8. The second-order valence-corrected chi connectivity index (χ2v) is 6.56. The Morgan fingerprint density at radius 1 is 1.20 bits per heavy atom. The van der Waals surface area contributed by atoms with Gasteiger partial charge in [-0.05, 0) is 28.1 Å². The third kappa shape index (κ3) is 5.31. The maximum atomic E-state index is 11.0. The Bertz CT molecular complexity index is 778. The lowest BCUT2D eigenvalue weighted by molar-refractivity contribution is -0.154. The summed E-state index contributed by atoms with van der Waals surface area (Å²) in [6.45, 7) is 2.56. The number of benzene rings is 1. The Balaban J connectivity index is 2.14. The van der Waals surface area contributed by atoms with Crippen molar-refractivity contribution < 1.29 is 23.8 Å². The summed E-state index contributed by atoms with van der Waals surface area (Å²) in [6.07, 6.45) is -0.625. The molecule has 0 aliphatic rings. The highest BCUT2D eigenvalue weighted by atomic mass is 79.9. The molecule has 1 aromatic carbocycles. The number of imidazole rings is 1. The number of rotatable bonds is 7. The molecule has 0 unspecified atom stereocenters. The zero-order valence-electron chi connectivity index (χ0n) is 13.4. The minimum Gasteiger partial charge on any atom is -0.463 e. The molecule has 2 rings (SSSR count). The normalized spacial score (nSPS) is 11.1. The minimum absolute atomic E-state index is 0.0422. The molecular formula is C15H15BrCl2N2O5. The first kappa shape index (κ1) is 20.0. The molecule has 0 saturated heterocycles. The Morgan fingerprint density at radius 3 is 2.36 bits per heavy atom. The van der Waals surface area contributed by atoms with E-state index in [0.717, 1.165) is 0 Å². The first-order valence-corrected chi connectivity index (χ1v) is 8.72. The molecule has 136 valence electrons. The molecular weight excluding hydrogens is 439 g/mol. The van der Waals surface area contributed by atoms with Crippen LogP contribution in [0.3, 0.4) is 0 Å². The third-order valence-electron chi connectivity index (χ3n) is 3.15. The van der Waals surface area contributed by atoms with Gasteiger partial charge in [-0.3, -0.25) is 14.2 Å². The molecule has 0 aliphatic carbocycles. The van der Waals surface area contributed by atoms with Crippen molar-refractivity contribution in [3.05, 3.63) is 26.9 Å². The predicted octanol–water partition coefficient (Wildman–Crippen LogP) is 3.57. The molecule has 0 atom stereocenters. The lowest BCUT2D eigenvalue weighted by atomic mass is 10.3. The van der Waals surface area contributed by atoms with Gasteiger partial charge < -0.3 is 14.2 Å². The maximum absolute atomic E-state index is 11.0. The molecule has 0 saturated carbocycles. The van der Waals surface area contributed by atoms with Crippen molar-refractivity contribution >= 4 is 62.1 Å². The smallest absolute Gasteiger partial charge is 0.302 e. The number of hydrogen-bond acceptors (Lipinski definition) is 6. The number of nitrogens with zero attached hydrogens (tertiary/aromatic N) is 2. The van der Waals surface area contributed by atoms with E-state index in [2.05, 4.69) is 20.9 Å². The number of ether oxygens (including phenoxy) is 3. The van der Waals surface area contributed by atoms with Crippen molar-refractivity contribution in [2.24, 2.45) is 0 Å². The summed E-state index contributed by atoms with van der Waals surface area (Å²) in [5.41, 5.74) is 1.24. The van der Waals surface area contributed by atoms with Crippen LogP contribution in [0.4, 0.5) is 0 Å². The number of hydrogen-bond donors (Lipinski definition) is 0. The molecule has 0 radical (unpaired) electrons. The molecule has 0 aliphatic heterocycles. The number of halogens is 3. The van der Waals surface area contributed by atoms with Crippen LogP contribution in [-0.4, -0.2) is 40.8 Å². The topological polar surface area (TPSA) is 79.6 Å². The number of carbonyl (C=O) groups excluding carboxylic acids is 2. The second kappa shape index (κ2) is 8.84. The van der Waals surface area contributed by atoms with Gasteiger partial charge in [-0.1, -0.05) is 23.2 Å². The molecule has 1 heterocycles. The fraction of sp³-hybridized carbons (Fsp3) is 0.400. The van der Waals surface area contributed by atoms with Gasteiger partial charge in [0, 0.05) is 13.8 Å². The summed E-state index contributed by atoms with van der Waals surface area (Å²) >= 11 is 15.5. The molecule has 0 N–H and O–H groups in total. The van der Waals surface area contributed by atoms with Gasteiger partial charge >= 0.3 is 11.9 Å². The molecule has 2 aromatic rings. The highest BCUT2D eigenvalue weighted by molar-refractivity contribution is 9.10. The lowest BCUT2D eigenvalue weighted by Crippen LogP contribution is -2.28. The molecule has 0 spiro atoms. The van der Waals surface area contributed by atoms with Crippen LogP contribution in [0, 0.1) is 0 Å². The van der Waals surface area contributed by atoms with Crippen LogP contribution in [0.1, 0.15) is 13.8 Å². The third-order valence-corrected chi connectivity index (χ3v) is 4.55. The van der Waals surface area contributed by atoms with E-state index in [1.165, 1.54) is 13.8 Å². The Morgan fingerprint density at radius 2 is 1.80 bits per heavy atom. The largest absolute Gasteiger partial charge is 0.463 e. The van der Waals surface area contributed by atoms with Gasteiger partial charge in [0.1, 0.15) is 31.6 Å². The molecule has 7 nitrogen and oxygen atoms in total. The Labute approximate surface area is 162 Å². The highest BCUT2D eigenvalue weighted by Gasteiger charge is 2.17. The van der Waals surface area contributed by atoms with Gasteiger partial charge in [0.05, 0.1) is 15.6 Å². The molecule has 0 bridgehead atoms. The quantitative estimate of drug-likeness (QED) is 0.596. The number of aromatic nitrogens is 2. The summed E-state index contributed by atoms with van der Waals surface area (Å²) in [4.78, 5) is 26.3. The minimum atomic E-state index is -0.625. The zero-order chi connectivity index (χ0) is 18.6. The van der Waals surface area contributed by atoms with Gasteiger partial charge in [0.15, 0.2) is 4.73 Å². The van der Waals surface area contributed by atoms with Crippen molar-refractivity contribution in [3.63, 3.8) is 0 Å². The standard InChI is InChI=1S/C15H15BrCl2N2O5/c1-8(21)23-5-10(6-24-9(2)22)25-7-20-12-4-3-11(17)13(18)14(12)19-15(20)16/h3-4,10H,5-7H2,1-2H3. The van der Waals surface area contributed by atoms with Crippen LogP contribution in [0.15, 0.2) is 16.9 Å². The molecule has 10 heteroatoms. The first-order valence-electron chi connectivity index (χ1n) is 7.17. The van der Waals surface area contributed by atoms with E-state index in [0.29, 0.717) is 25.8 Å². The van der Waals surface area contributed by atoms with E-state index < -0.39 is 18.0 Å². The van der Waals surface area contributed by atoms with Crippen molar-refractivity contribution in [2.45, 2.75) is 26.7 Å². The number of fused-ring (bicyclic) bond motifs is 1. The molecule has 0 amide bonds. The maximum Gasteiger partial charge on any atom is 0.302 e. The Hall–Kier alpha value is -1.35. The summed E-state index contributed by atoms with van der Waals surface area (Å²) in [6, 6.07) is 3.42. The van der Waals surface area contributed by atoms with Gasteiger partial charge in [-0.15, -0.1) is 0 Å². The fourth-order valence-electron chi connectivity index (χ4n) is 1.97. The SMILES string of the molecule is CC(=O)OCC(COC(C)=O)OCn1c(Br)nc2c(Cl)c(Cl)ccc21. The van der Waals surface area contributed by atoms with Crippen LogP contribution < -0.4 is 0 Å². The van der Waals surface area contributed by atoms with E-state index in [-0.39, 0.29) is 19.9 Å².